The molecule has 9 heteroatoms. The van der Waals surface area contributed by atoms with Crippen molar-refractivity contribution in [1.82, 2.24) is 0 Å². The lowest BCUT2D eigenvalue weighted by Crippen LogP contribution is -2.59. The molecule has 4 N–H and O–H groups in total. The number of rotatable bonds is 47. The number of hydrogen-bond acceptors (Lipinski definition) is 9. The molecule has 0 aliphatic carbocycles. The molecule has 1 heterocycles. The Balaban J connectivity index is 2.20. The third-order valence-electron chi connectivity index (χ3n) is 12.4. The van der Waals surface area contributed by atoms with Gasteiger partial charge in [-0.15, -0.1) is 0 Å². The van der Waals surface area contributed by atoms with Gasteiger partial charge >= 0.3 is 5.97 Å². The number of aliphatic hydroxyl groups excluding tert-OH is 4. The topological polar surface area (TPSA) is 135 Å². The van der Waals surface area contributed by atoms with Crippen molar-refractivity contribution in [2.45, 2.75) is 263 Å². The van der Waals surface area contributed by atoms with Crippen LogP contribution in [-0.2, 0) is 23.7 Å². The molecule has 0 radical (unpaired) electrons. The zero-order valence-electron chi connectivity index (χ0n) is 42.9. The van der Waals surface area contributed by atoms with Gasteiger partial charge < -0.3 is 39.4 Å². The number of ether oxygens (including phenoxy) is 4. The smallest absolute Gasteiger partial charge is 0.306 e. The van der Waals surface area contributed by atoms with E-state index in [0.29, 0.717) is 13.0 Å². The molecule has 0 amide bonds. The fourth-order valence-electron chi connectivity index (χ4n) is 8.17. The van der Waals surface area contributed by atoms with Crippen LogP contribution < -0.4 is 0 Å². The second-order valence-corrected chi connectivity index (χ2v) is 18.7. The minimum atomic E-state index is -1.55. The average molecular weight is 943 g/mol. The number of hydrogen-bond donors (Lipinski definition) is 4. The van der Waals surface area contributed by atoms with Gasteiger partial charge in [-0.3, -0.25) is 4.79 Å². The summed E-state index contributed by atoms with van der Waals surface area (Å²) in [5, 5.41) is 40.3. The van der Waals surface area contributed by atoms with Crippen LogP contribution in [0, 0.1) is 0 Å². The van der Waals surface area contributed by atoms with Gasteiger partial charge in [0.25, 0.3) is 0 Å². The molecule has 6 atom stereocenters. The lowest BCUT2D eigenvalue weighted by atomic mass is 9.99. The monoisotopic (exact) mass is 943 g/mol. The number of esters is 1. The zero-order valence-corrected chi connectivity index (χ0v) is 42.9. The highest BCUT2D eigenvalue weighted by Gasteiger charge is 2.44. The van der Waals surface area contributed by atoms with Gasteiger partial charge in [0.05, 0.1) is 19.8 Å². The minimum absolute atomic E-state index is 0.114. The van der Waals surface area contributed by atoms with Gasteiger partial charge in [0, 0.05) is 13.0 Å². The predicted molar refractivity (Wildman–Crippen MR) is 279 cm³/mol. The number of allylic oxidation sites excluding steroid dienone is 12. The summed E-state index contributed by atoms with van der Waals surface area (Å²) >= 11 is 0. The first kappa shape index (κ1) is 62.6. The molecule has 0 spiro atoms. The molecule has 0 saturated carbocycles. The van der Waals surface area contributed by atoms with Gasteiger partial charge in [-0.05, 0) is 51.4 Å². The van der Waals surface area contributed by atoms with Gasteiger partial charge in [0.1, 0.15) is 30.5 Å². The van der Waals surface area contributed by atoms with E-state index in [1.54, 1.807) is 0 Å². The molecule has 6 unspecified atom stereocenters. The summed E-state index contributed by atoms with van der Waals surface area (Å²) in [4.78, 5) is 12.8. The Morgan fingerprint density at radius 3 is 1.28 bits per heavy atom. The van der Waals surface area contributed by atoms with E-state index in [0.717, 1.165) is 51.4 Å². The second kappa shape index (κ2) is 48.6. The molecule has 1 fully saturated rings. The maximum Gasteiger partial charge on any atom is 0.306 e. The largest absolute Gasteiger partial charge is 0.457 e. The molecular weight excluding hydrogens is 841 g/mol. The van der Waals surface area contributed by atoms with Crippen LogP contribution in [-0.4, -0.2) is 89.6 Å². The summed E-state index contributed by atoms with van der Waals surface area (Å²) in [6.45, 7) is 4.38. The number of unbranched alkanes of at least 4 members (excludes halogenated alkanes) is 24. The lowest BCUT2D eigenvalue weighted by molar-refractivity contribution is -0.305. The maximum atomic E-state index is 12.8. The zero-order chi connectivity index (χ0) is 48.5. The normalized spacial score (nSPS) is 19.8. The van der Waals surface area contributed by atoms with Crippen molar-refractivity contribution in [2.24, 2.45) is 0 Å². The molecule has 0 aromatic rings. The Morgan fingerprint density at radius 1 is 0.493 bits per heavy atom. The Morgan fingerprint density at radius 2 is 0.881 bits per heavy atom. The molecule has 1 aliphatic rings. The number of carbonyl (C=O) groups is 1. The summed E-state index contributed by atoms with van der Waals surface area (Å²) in [6, 6.07) is 0. The van der Waals surface area contributed by atoms with Gasteiger partial charge in [-0.1, -0.05) is 241 Å². The molecule has 0 aromatic heterocycles. The molecule has 67 heavy (non-hydrogen) atoms. The molecule has 1 aliphatic heterocycles. The van der Waals surface area contributed by atoms with Crippen molar-refractivity contribution in [3.05, 3.63) is 72.9 Å². The standard InChI is InChI=1S/C58H102O9/c1-3-5-7-9-11-13-15-17-19-21-23-24-25-26-27-28-30-32-34-36-38-40-42-44-46-48-64-50-52(51-65-58-57(63)56(62)55(61)53(49-59)67-58)66-54(60)47-45-43-41-39-37-35-33-31-29-22-20-18-16-14-12-10-8-6-4-2/h6,8,12,14,18,20,29,31,35,37,41,43,52-53,55-59,61-63H,3-5,7,9-11,13,15-17,19,21-28,30,32-34,36,38-40,42,44-51H2,1-2H3/b8-6-,14-12-,20-18-,31-29-,37-35-,43-41-. The van der Waals surface area contributed by atoms with E-state index in [1.165, 1.54) is 148 Å². The van der Waals surface area contributed by atoms with Crippen LogP contribution in [0.4, 0.5) is 0 Å². The fraction of sp³-hybridized carbons (Fsp3) is 0.776. The van der Waals surface area contributed by atoms with Gasteiger partial charge in [-0.2, -0.15) is 0 Å². The predicted octanol–water partition coefficient (Wildman–Crippen LogP) is 14.0. The molecule has 1 rings (SSSR count). The maximum absolute atomic E-state index is 12.8. The minimum Gasteiger partial charge on any atom is -0.457 e. The summed E-state index contributed by atoms with van der Waals surface area (Å²) in [5.41, 5.74) is 0. The van der Waals surface area contributed by atoms with E-state index < -0.39 is 49.4 Å². The molecular formula is C58H102O9. The molecule has 0 aromatic carbocycles. The van der Waals surface area contributed by atoms with E-state index in [2.05, 4.69) is 74.6 Å². The highest BCUT2D eigenvalue weighted by atomic mass is 16.7. The van der Waals surface area contributed by atoms with Gasteiger partial charge in [-0.25, -0.2) is 0 Å². The summed E-state index contributed by atoms with van der Waals surface area (Å²) in [5.74, 6) is -0.393. The number of aliphatic hydroxyl groups is 4. The van der Waals surface area contributed by atoms with Crippen LogP contribution in [0.3, 0.4) is 0 Å². The summed E-state index contributed by atoms with van der Waals surface area (Å²) < 4.78 is 22.8. The quantitative estimate of drug-likeness (QED) is 0.0267. The second-order valence-electron chi connectivity index (χ2n) is 18.7. The van der Waals surface area contributed by atoms with Crippen molar-refractivity contribution in [2.75, 3.05) is 26.4 Å². The van der Waals surface area contributed by atoms with Crippen LogP contribution in [0.25, 0.3) is 0 Å². The van der Waals surface area contributed by atoms with E-state index in [4.69, 9.17) is 18.9 Å². The van der Waals surface area contributed by atoms with Crippen LogP contribution in [0.1, 0.15) is 226 Å². The Labute approximate surface area is 410 Å². The van der Waals surface area contributed by atoms with Gasteiger partial charge in [0.2, 0.25) is 0 Å². The van der Waals surface area contributed by atoms with Crippen molar-refractivity contribution < 1.29 is 44.2 Å². The van der Waals surface area contributed by atoms with Crippen molar-refractivity contribution >= 4 is 5.97 Å². The van der Waals surface area contributed by atoms with Crippen molar-refractivity contribution in [3.8, 4) is 0 Å². The molecule has 9 nitrogen and oxygen atoms in total. The SMILES string of the molecule is CC/C=C\C/C=C\C/C=C\C/C=C\C/C=C\C/C=C\CCC(=O)OC(COCCCCCCCCCCCCCCCCCCCCCCCCCCC)COC1OC(CO)C(O)C(O)C1O. The van der Waals surface area contributed by atoms with Gasteiger partial charge in [0.15, 0.2) is 6.29 Å². The van der Waals surface area contributed by atoms with E-state index >= 15 is 0 Å². The fourth-order valence-corrected chi connectivity index (χ4v) is 8.17. The van der Waals surface area contributed by atoms with E-state index in [9.17, 15) is 25.2 Å². The third-order valence-corrected chi connectivity index (χ3v) is 12.4. The highest BCUT2D eigenvalue weighted by molar-refractivity contribution is 5.69. The highest BCUT2D eigenvalue weighted by Crippen LogP contribution is 2.23. The van der Waals surface area contributed by atoms with Crippen LogP contribution in [0.5, 0.6) is 0 Å². The Hall–Kier alpha value is -2.37. The lowest BCUT2D eigenvalue weighted by Gasteiger charge is -2.39. The first-order valence-corrected chi connectivity index (χ1v) is 27.5. The third kappa shape index (κ3) is 39.1. The van der Waals surface area contributed by atoms with Crippen molar-refractivity contribution in [1.29, 1.82) is 0 Å². The first-order chi connectivity index (χ1) is 32.9. The van der Waals surface area contributed by atoms with E-state index in [1.807, 2.05) is 12.2 Å². The molecule has 388 valence electrons. The summed E-state index contributed by atoms with van der Waals surface area (Å²) in [6.07, 6.45) is 58.2. The number of carbonyl (C=O) groups excluding carboxylic acids is 1. The van der Waals surface area contributed by atoms with E-state index in [-0.39, 0.29) is 19.6 Å². The van der Waals surface area contributed by atoms with Crippen LogP contribution >= 0.6 is 0 Å². The first-order valence-electron chi connectivity index (χ1n) is 27.5. The van der Waals surface area contributed by atoms with Crippen LogP contribution in [0.15, 0.2) is 72.9 Å². The Kier molecular flexibility index (Phi) is 45.5. The Bertz CT molecular complexity index is 1260. The molecule has 0 bridgehead atoms. The summed E-state index contributed by atoms with van der Waals surface area (Å²) in [7, 11) is 0. The molecule has 1 saturated heterocycles. The average Bonchev–Trinajstić information content (AvgIpc) is 3.33. The van der Waals surface area contributed by atoms with Crippen LogP contribution in [0.2, 0.25) is 0 Å². The van der Waals surface area contributed by atoms with Crippen molar-refractivity contribution in [3.63, 3.8) is 0 Å².